The molecule has 2 nitrogen and oxygen atoms in total. The minimum Gasteiger partial charge on any atom is -0.316 e. The standard InChI is InChI=1S/C11H15NOS/c1-2-11(4-5-12-8-11)10(13)9-3-6-14-7-9/h3,6-7,12H,2,4-5,8H2,1H3. The van der Waals surface area contributed by atoms with Crippen LogP contribution >= 0.6 is 11.3 Å². The first-order valence-electron chi connectivity index (χ1n) is 5.06. The van der Waals surface area contributed by atoms with Crippen molar-refractivity contribution >= 4 is 17.1 Å². The molecule has 0 radical (unpaired) electrons. The monoisotopic (exact) mass is 209 g/mol. The van der Waals surface area contributed by atoms with Gasteiger partial charge in [0.15, 0.2) is 5.78 Å². The van der Waals surface area contributed by atoms with E-state index in [1.165, 1.54) is 0 Å². The van der Waals surface area contributed by atoms with Gasteiger partial charge in [0.05, 0.1) is 0 Å². The highest BCUT2D eigenvalue weighted by Gasteiger charge is 2.39. The molecule has 2 heterocycles. The highest BCUT2D eigenvalue weighted by molar-refractivity contribution is 7.08. The number of rotatable bonds is 3. The van der Waals surface area contributed by atoms with Crippen LogP contribution in [0.15, 0.2) is 16.8 Å². The van der Waals surface area contributed by atoms with E-state index >= 15 is 0 Å². The number of hydrogen-bond acceptors (Lipinski definition) is 3. The van der Waals surface area contributed by atoms with Gasteiger partial charge in [0.1, 0.15) is 0 Å². The first-order chi connectivity index (χ1) is 6.78. The number of carbonyl (C=O) groups is 1. The van der Waals surface area contributed by atoms with E-state index < -0.39 is 0 Å². The van der Waals surface area contributed by atoms with Crippen molar-refractivity contribution < 1.29 is 4.79 Å². The van der Waals surface area contributed by atoms with Gasteiger partial charge >= 0.3 is 0 Å². The Labute approximate surface area is 88.3 Å². The number of thiophene rings is 1. The number of Topliss-reactive ketones (excluding diaryl/α,β-unsaturated/α-hetero) is 1. The van der Waals surface area contributed by atoms with Crippen LogP contribution in [-0.2, 0) is 0 Å². The Bertz CT molecular complexity index is 312. The zero-order valence-electron chi connectivity index (χ0n) is 8.38. The van der Waals surface area contributed by atoms with Gasteiger partial charge in [0, 0.05) is 22.9 Å². The molecule has 2 rings (SSSR count). The van der Waals surface area contributed by atoms with E-state index in [1.54, 1.807) is 11.3 Å². The van der Waals surface area contributed by atoms with Crippen LogP contribution in [0.5, 0.6) is 0 Å². The van der Waals surface area contributed by atoms with E-state index in [2.05, 4.69) is 12.2 Å². The molecular formula is C11H15NOS. The molecule has 76 valence electrons. The lowest BCUT2D eigenvalue weighted by Crippen LogP contribution is -2.32. The first-order valence-corrected chi connectivity index (χ1v) is 6.00. The van der Waals surface area contributed by atoms with Gasteiger partial charge in [-0.3, -0.25) is 4.79 Å². The Morgan fingerprint density at radius 1 is 1.71 bits per heavy atom. The topological polar surface area (TPSA) is 29.1 Å². The number of hydrogen-bond donors (Lipinski definition) is 1. The summed E-state index contributed by atoms with van der Waals surface area (Å²) >= 11 is 1.59. The molecule has 0 aromatic carbocycles. The van der Waals surface area contributed by atoms with E-state index in [0.717, 1.165) is 31.5 Å². The van der Waals surface area contributed by atoms with Crippen LogP contribution in [0.4, 0.5) is 0 Å². The van der Waals surface area contributed by atoms with Crippen LogP contribution in [0.25, 0.3) is 0 Å². The van der Waals surface area contributed by atoms with E-state index in [0.29, 0.717) is 5.78 Å². The molecule has 0 aliphatic carbocycles. The average Bonchev–Trinajstić information content (AvgIpc) is 2.89. The molecule has 14 heavy (non-hydrogen) atoms. The van der Waals surface area contributed by atoms with Crippen LogP contribution < -0.4 is 5.32 Å². The minimum absolute atomic E-state index is 0.124. The maximum absolute atomic E-state index is 12.2. The Hall–Kier alpha value is -0.670. The molecule has 1 aliphatic rings. The van der Waals surface area contributed by atoms with Gasteiger partial charge in [-0.25, -0.2) is 0 Å². The molecule has 1 aliphatic heterocycles. The van der Waals surface area contributed by atoms with Crippen LogP contribution in [0.1, 0.15) is 30.1 Å². The molecule has 3 heteroatoms. The second-order valence-corrected chi connectivity index (χ2v) is 4.68. The van der Waals surface area contributed by atoms with Crippen LogP contribution in [0.3, 0.4) is 0 Å². The predicted molar refractivity (Wildman–Crippen MR) is 58.9 cm³/mol. The van der Waals surface area contributed by atoms with Gasteiger partial charge in [-0.15, -0.1) is 0 Å². The fourth-order valence-corrected chi connectivity index (χ4v) is 2.74. The number of ketones is 1. The van der Waals surface area contributed by atoms with Crippen molar-refractivity contribution in [2.75, 3.05) is 13.1 Å². The summed E-state index contributed by atoms with van der Waals surface area (Å²) in [6.45, 7) is 3.93. The van der Waals surface area contributed by atoms with Crippen molar-refractivity contribution in [1.82, 2.24) is 5.32 Å². The maximum atomic E-state index is 12.2. The lowest BCUT2D eigenvalue weighted by Gasteiger charge is -2.24. The fourth-order valence-electron chi connectivity index (χ4n) is 2.10. The van der Waals surface area contributed by atoms with Gasteiger partial charge < -0.3 is 5.32 Å². The Morgan fingerprint density at radius 2 is 2.57 bits per heavy atom. The molecule has 0 saturated carbocycles. The summed E-state index contributed by atoms with van der Waals surface area (Å²) in [5.41, 5.74) is 0.765. The van der Waals surface area contributed by atoms with Gasteiger partial charge in [0.2, 0.25) is 0 Å². The van der Waals surface area contributed by atoms with Crippen molar-refractivity contribution in [3.63, 3.8) is 0 Å². The third-order valence-electron chi connectivity index (χ3n) is 3.19. The molecule has 1 aromatic rings. The maximum Gasteiger partial charge on any atom is 0.171 e. The Kier molecular flexibility index (Phi) is 2.70. The normalized spacial score (nSPS) is 26.6. The molecule has 0 bridgehead atoms. The summed E-state index contributed by atoms with van der Waals surface area (Å²) in [5.74, 6) is 0.325. The van der Waals surface area contributed by atoms with Crippen LogP contribution in [-0.4, -0.2) is 18.9 Å². The van der Waals surface area contributed by atoms with Crippen LogP contribution in [0.2, 0.25) is 0 Å². The van der Waals surface area contributed by atoms with E-state index in [-0.39, 0.29) is 5.41 Å². The SMILES string of the molecule is CCC1(C(=O)c2ccsc2)CCNC1. The van der Waals surface area contributed by atoms with E-state index in [4.69, 9.17) is 0 Å². The van der Waals surface area contributed by atoms with E-state index in [9.17, 15) is 4.79 Å². The Morgan fingerprint density at radius 3 is 3.07 bits per heavy atom. The summed E-state index contributed by atoms with van der Waals surface area (Å²) in [6.07, 6.45) is 1.92. The van der Waals surface area contributed by atoms with Crippen LogP contribution in [0, 0.1) is 5.41 Å². The summed E-state index contributed by atoms with van der Waals surface area (Å²) in [7, 11) is 0. The van der Waals surface area contributed by atoms with Crippen molar-refractivity contribution in [2.24, 2.45) is 5.41 Å². The van der Waals surface area contributed by atoms with Crippen molar-refractivity contribution in [3.05, 3.63) is 22.4 Å². The van der Waals surface area contributed by atoms with Crippen molar-refractivity contribution in [1.29, 1.82) is 0 Å². The van der Waals surface area contributed by atoms with Crippen molar-refractivity contribution in [3.8, 4) is 0 Å². The lowest BCUT2D eigenvalue weighted by atomic mass is 9.78. The summed E-state index contributed by atoms with van der Waals surface area (Å²) in [6, 6.07) is 1.93. The molecule has 1 atom stereocenters. The summed E-state index contributed by atoms with van der Waals surface area (Å²) in [5, 5.41) is 7.22. The van der Waals surface area contributed by atoms with Crippen molar-refractivity contribution in [2.45, 2.75) is 19.8 Å². The molecule has 1 unspecified atom stereocenters. The smallest absolute Gasteiger partial charge is 0.171 e. The molecule has 0 spiro atoms. The summed E-state index contributed by atoms with van der Waals surface area (Å²) in [4.78, 5) is 12.2. The average molecular weight is 209 g/mol. The highest BCUT2D eigenvalue weighted by Crippen LogP contribution is 2.33. The Balaban J connectivity index is 2.24. The quantitative estimate of drug-likeness (QED) is 0.774. The largest absolute Gasteiger partial charge is 0.316 e. The third-order valence-corrected chi connectivity index (χ3v) is 3.87. The zero-order chi connectivity index (χ0) is 10.0. The highest BCUT2D eigenvalue weighted by atomic mass is 32.1. The van der Waals surface area contributed by atoms with Gasteiger partial charge in [-0.05, 0) is 30.8 Å². The lowest BCUT2D eigenvalue weighted by molar-refractivity contribution is 0.0811. The molecule has 1 saturated heterocycles. The zero-order valence-corrected chi connectivity index (χ0v) is 9.19. The molecule has 1 fully saturated rings. The van der Waals surface area contributed by atoms with Gasteiger partial charge in [-0.2, -0.15) is 11.3 Å². The first kappa shape index (κ1) is 9.87. The fraction of sp³-hybridized carbons (Fsp3) is 0.545. The second kappa shape index (κ2) is 3.83. The predicted octanol–water partition coefficient (Wildman–Crippen LogP) is 2.32. The van der Waals surface area contributed by atoms with Gasteiger partial charge in [0.25, 0.3) is 0 Å². The number of nitrogens with one attached hydrogen (secondary N) is 1. The third kappa shape index (κ3) is 1.51. The van der Waals surface area contributed by atoms with E-state index in [1.807, 2.05) is 16.8 Å². The molecule has 1 N–H and O–H groups in total. The molecule has 0 amide bonds. The number of carbonyl (C=O) groups excluding carboxylic acids is 1. The molecule has 1 aromatic heterocycles. The summed E-state index contributed by atoms with van der Waals surface area (Å²) < 4.78 is 0. The molecular weight excluding hydrogens is 194 g/mol. The second-order valence-electron chi connectivity index (χ2n) is 3.90. The van der Waals surface area contributed by atoms with Gasteiger partial charge in [-0.1, -0.05) is 6.92 Å². The minimum atomic E-state index is -0.124.